The van der Waals surface area contributed by atoms with Crippen molar-refractivity contribution in [1.82, 2.24) is 15.2 Å². The van der Waals surface area contributed by atoms with Crippen molar-refractivity contribution in [1.29, 1.82) is 0 Å². The summed E-state index contributed by atoms with van der Waals surface area (Å²) in [5.74, 6) is 2.51. The van der Waals surface area contributed by atoms with Crippen LogP contribution < -0.4 is 10.1 Å². The molecule has 0 aliphatic carbocycles. The Kier molecular flexibility index (Phi) is 6.49. The molecule has 0 bridgehead atoms. The fourth-order valence-electron chi connectivity index (χ4n) is 2.61. The van der Waals surface area contributed by atoms with Crippen LogP contribution in [-0.2, 0) is 6.54 Å². The number of piperidine rings is 1. The molecular formula is C17H28N4O. The van der Waals surface area contributed by atoms with Crippen molar-refractivity contribution in [3.8, 4) is 5.88 Å². The first kappa shape index (κ1) is 16.6. The van der Waals surface area contributed by atoms with E-state index in [2.05, 4.69) is 40.1 Å². The Morgan fingerprint density at radius 3 is 2.91 bits per heavy atom. The van der Waals surface area contributed by atoms with Gasteiger partial charge in [0, 0.05) is 38.4 Å². The molecule has 2 heterocycles. The molecule has 1 aromatic heterocycles. The van der Waals surface area contributed by atoms with Crippen molar-refractivity contribution < 1.29 is 4.74 Å². The number of hydrogen-bond donors (Lipinski definition) is 1. The summed E-state index contributed by atoms with van der Waals surface area (Å²) in [6, 6.07) is 4.00. The summed E-state index contributed by atoms with van der Waals surface area (Å²) in [6.07, 6.45) is 5.23. The van der Waals surface area contributed by atoms with Crippen LogP contribution >= 0.6 is 0 Å². The second-order valence-electron chi connectivity index (χ2n) is 5.89. The summed E-state index contributed by atoms with van der Waals surface area (Å²) in [5, 5.41) is 3.44. The molecule has 0 aromatic carbocycles. The number of aromatic nitrogens is 1. The number of guanidine groups is 1. The molecule has 0 saturated carbocycles. The van der Waals surface area contributed by atoms with Crippen molar-refractivity contribution in [3.05, 3.63) is 23.9 Å². The molecule has 22 heavy (non-hydrogen) atoms. The Morgan fingerprint density at radius 2 is 2.23 bits per heavy atom. The van der Waals surface area contributed by atoms with E-state index in [1.165, 1.54) is 12.8 Å². The van der Waals surface area contributed by atoms with Gasteiger partial charge in [0.25, 0.3) is 0 Å². The van der Waals surface area contributed by atoms with Gasteiger partial charge in [-0.15, -0.1) is 0 Å². The maximum absolute atomic E-state index is 5.71. The number of nitrogens with one attached hydrogen (secondary N) is 1. The van der Waals surface area contributed by atoms with E-state index in [1.807, 2.05) is 13.1 Å². The average Bonchev–Trinajstić information content (AvgIpc) is 2.56. The molecule has 0 unspecified atom stereocenters. The average molecular weight is 304 g/mol. The van der Waals surface area contributed by atoms with Crippen molar-refractivity contribution in [2.24, 2.45) is 10.9 Å². The number of nitrogens with zero attached hydrogens (tertiary/aromatic N) is 3. The third kappa shape index (κ3) is 4.61. The van der Waals surface area contributed by atoms with E-state index >= 15 is 0 Å². The quantitative estimate of drug-likeness (QED) is 0.671. The van der Waals surface area contributed by atoms with Crippen molar-refractivity contribution in [2.75, 3.05) is 26.7 Å². The highest BCUT2D eigenvalue weighted by atomic mass is 16.5. The van der Waals surface area contributed by atoms with Crippen LogP contribution in [0.4, 0.5) is 0 Å². The van der Waals surface area contributed by atoms with Gasteiger partial charge in [-0.1, -0.05) is 19.9 Å². The Morgan fingerprint density at radius 1 is 1.45 bits per heavy atom. The maximum Gasteiger partial charge on any atom is 0.218 e. The van der Waals surface area contributed by atoms with Gasteiger partial charge in [-0.25, -0.2) is 4.98 Å². The van der Waals surface area contributed by atoms with E-state index in [0.29, 0.717) is 13.2 Å². The first-order chi connectivity index (χ1) is 10.7. The normalized spacial score (nSPS) is 16.7. The molecule has 0 spiro atoms. The third-order valence-corrected chi connectivity index (χ3v) is 4.02. The molecule has 2 rings (SSSR count). The minimum Gasteiger partial charge on any atom is -0.477 e. The lowest BCUT2D eigenvalue weighted by molar-refractivity contribution is 0.272. The molecule has 1 aliphatic heterocycles. The highest BCUT2D eigenvalue weighted by Crippen LogP contribution is 2.17. The van der Waals surface area contributed by atoms with Gasteiger partial charge in [-0.3, -0.25) is 4.99 Å². The number of aliphatic imine (C=N–C) groups is 1. The van der Waals surface area contributed by atoms with Crippen LogP contribution in [0.15, 0.2) is 23.3 Å². The molecule has 122 valence electrons. The van der Waals surface area contributed by atoms with Gasteiger partial charge in [0.05, 0.1) is 6.61 Å². The molecule has 1 aliphatic rings. The van der Waals surface area contributed by atoms with Gasteiger partial charge >= 0.3 is 0 Å². The van der Waals surface area contributed by atoms with Crippen LogP contribution in [0.5, 0.6) is 5.88 Å². The first-order valence-corrected chi connectivity index (χ1v) is 8.26. The predicted octanol–water partition coefficient (Wildman–Crippen LogP) is 2.68. The molecule has 1 aromatic rings. The molecule has 1 N–H and O–H groups in total. The SMILES string of the molecule is CCCOc1ncccc1CNC(=NC)N1CCC(C)CC1. The van der Waals surface area contributed by atoms with Crippen LogP contribution in [-0.4, -0.2) is 42.6 Å². The Balaban J connectivity index is 1.93. The molecule has 1 fully saturated rings. The fourth-order valence-corrected chi connectivity index (χ4v) is 2.61. The summed E-state index contributed by atoms with van der Waals surface area (Å²) < 4.78 is 5.71. The van der Waals surface area contributed by atoms with Crippen molar-refractivity contribution in [3.63, 3.8) is 0 Å². The smallest absolute Gasteiger partial charge is 0.218 e. The summed E-state index contributed by atoms with van der Waals surface area (Å²) >= 11 is 0. The summed E-state index contributed by atoms with van der Waals surface area (Å²) in [4.78, 5) is 11.1. The fraction of sp³-hybridized carbons (Fsp3) is 0.647. The molecule has 0 atom stereocenters. The van der Waals surface area contributed by atoms with Gasteiger partial charge in [0.15, 0.2) is 5.96 Å². The zero-order chi connectivity index (χ0) is 15.8. The predicted molar refractivity (Wildman–Crippen MR) is 90.2 cm³/mol. The van der Waals surface area contributed by atoms with E-state index in [4.69, 9.17) is 4.74 Å². The highest BCUT2D eigenvalue weighted by molar-refractivity contribution is 5.80. The minimum absolute atomic E-state index is 0.686. The minimum atomic E-state index is 0.686. The van der Waals surface area contributed by atoms with Crippen LogP contribution in [0.1, 0.15) is 38.7 Å². The van der Waals surface area contributed by atoms with Gasteiger partial charge in [-0.2, -0.15) is 0 Å². The number of likely N-dealkylation sites (tertiary alicyclic amines) is 1. The Bertz CT molecular complexity index is 481. The molecule has 1 saturated heterocycles. The first-order valence-electron chi connectivity index (χ1n) is 8.26. The second kappa shape index (κ2) is 8.61. The van der Waals surface area contributed by atoms with Gasteiger partial charge in [-0.05, 0) is 31.2 Å². The Labute approximate surface area is 133 Å². The van der Waals surface area contributed by atoms with Gasteiger partial charge < -0.3 is 15.0 Å². The van der Waals surface area contributed by atoms with Crippen molar-refractivity contribution >= 4 is 5.96 Å². The molecule has 5 heteroatoms. The van der Waals surface area contributed by atoms with E-state index in [-0.39, 0.29) is 0 Å². The highest BCUT2D eigenvalue weighted by Gasteiger charge is 2.18. The van der Waals surface area contributed by atoms with E-state index in [0.717, 1.165) is 42.8 Å². The van der Waals surface area contributed by atoms with E-state index < -0.39 is 0 Å². The van der Waals surface area contributed by atoms with Gasteiger partial charge in [0.1, 0.15) is 0 Å². The topological polar surface area (TPSA) is 49.8 Å². The zero-order valence-corrected chi connectivity index (χ0v) is 14.0. The summed E-state index contributed by atoms with van der Waals surface area (Å²) in [5.41, 5.74) is 1.07. The molecule has 0 radical (unpaired) electrons. The third-order valence-electron chi connectivity index (χ3n) is 4.02. The van der Waals surface area contributed by atoms with Crippen LogP contribution in [0.2, 0.25) is 0 Å². The lowest BCUT2D eigenvalue weighted by Gasteiger charge is -2.33. The molecule has 0 amide bonds. The summed E-state index contributed by atoms with van der Waals surface area (Å²) in [7, 11) is 1.85. The molecular weight excluding hydrogens is 276 g/mol. The van der Waals surface area contributed by atoms with Gasteiger partial charge in [0.2, 0.25) is 5.88 Å². The van der Waals surface area contributed by atoms with Crippen LogP contribution in [0.25, 0.3) is 0 Å². The number of ether oxygens (including phenoxy) is 1. The van der Waals surface area contributed by atoms with Crippen LogP contribution in [0, 0.1) is 5.92 Å². The maximum atomic E-state index is 5.71. The lowest BCUT2D eigenvalue weighted by Crippen LogP contribution is -2.45. The number of pyridine rings is 1. The van der Waals surface area contributed by atoms with Crippen LogP contribution in [0.3, 0.4) is 0 Å². The second-order valence-corrected chi connectivity index (χ2v) is 5.89. The number of hydrogen-bond acceptors (Lipinski definition) is 3. The largest absolute Gasteiger partial charge is 0.477 e. The standard InChI is InChI=1S/C17H28N4O/c1-4-12-22-16-15(6-5-9-19-16)13-20-17(18-3)21-10-7-14(2)8-11-21/h5-6,9,14H,4,7-8,10-13H2,1-3H3,(H,18,20). The Hall–Kier alpha value is -1.78. The summed E-state index contributed by atoms with van der Waals surface area (Å²) in [6.45, 7) is 7.95. The zero-order valence-electron chi connectivity index (χ0n) is 14.0. The van der Waals surface area contributed by atoms with Crippen molar-refractivity contribution in [2.45, 2.75) is 39.7 Å². The number of rotatable bonds is 5. The monoisotopic (exact) mass is 304 g/mol. The van der Waals surface area contributed by atoms with E-state index in [1.54, 1.807) is 6.20 Å². The lowest BCUT2D eigenvalue weighted by atomic mass is 10.00. The molecule has 5 nitrogen and oxygen atoms in total. The van der Waals surface area contributed by atoms with E-state index in [9.17, 15) is 0 Å².